The lowest BCUT2D eigenvalue weighted by Gasteiger charge is -2.36. The number of rotatable bonds is 4. The predicted molar refractivity (Wildman–Crippen MR) is 106 cm³/mol. The summed E-state index contributed by atoms with van der Waals surface area (Å²) in [7, 11) is 0. The third kappa shape index (κ3) is 6.08. The first-order valence-corrected chi connectivity index (χ1v) is 10.2. The summed E-state index contributed by atoms with van der Waals surface area (Å²) in [6, 6.07) is 0. The van der Waals surface area contributed by atoms with Crippen LogP contribution >= 0.6 is 0 Å². The molecule has 152 valence electrons. The highest BCUT2D eigenvalue weighted by atomic mass is 16.6. The van der Waals surface area contributed by atoms with Crippen LogP contribution in [-0.4, -0.2) is 54.5 Å². The van der Waals surface area contributed by atoms with Crippen LogP contribution in [-0.2, 0) is 14.3 Å². The van der Waals surface area contributed by atoms with E-state index in [1.54, 1.807) is 0 Å². The molecule has 2 unspecified atom stereocenters. The monoisotopic (exact) mass is 378 g/mol. The van der Waals surface area contributed by atoms with Gasteiger partial charge >= 0.3 is 12.1 Å². The number of ether oxygens (including phenoxy) is 2. The van der Waals surface area contributed by atoms with E-state index in [9.17, 15) is 9.59 Å². The Morgan fingerprint density at radius 2 is 2.00 bits per heavy atom. The van der Waals surface area contributed by atoms with Crippen LogP contribution in [0.3, 0.4) is 0 Å². The normalized spacial score (nSPS) is 23.8. The number of aliphatic imine (C=N–C) groups is 1. The van der Waals surface area contributed by atoms with E-state index in [0.29, 0.717) is 37.6 Å². The Labute approximate surface area is 163 Å². The third-order valence-electron chi connectivity index (χ3n) is 5.00. The van der Waals surface area contributed by atoms with Gasteiger partial charge in [0.05, 0.1) is 12.2 Å². The fourth-order valence-electron chi connectivity index (χ4n) is 3.75. The Hall–Kier alpha value is -1.85. The first-order valence-electron chi connectivity index (χ1n) is 10.2. The molecule has 0 aromatic carbocycles. The van der Waals surface area contributed by atoms with Crippen molar-refractivity contribution in [3.05, 3.63) is 11.6 Å². The molecule has 0 aromatic rings. The van der Waals surface area contributed by atoms with Crippen molar-refractivity contribution in [3.63, 3.8) is 0 Å². The summed E-state index contributed by atoms with van der Waals surface area (Å²) in [5, 5.41) is 0. The van der Waals surface area contributed by atoms with E-state index >= 15 is 0 Å². The highest BCUT2D eigenvalue weighted by Gasteiger charge is 2.32. The van der Waals surface area contributed by atoms with Crippen molar-refractivity contribution < 1.29 is 19.1 Å². The van der Waals surface area contributed by atoms with Gasteiger partial charge in [-0.05, 0) is 65.2 Å². The summed E-state index contributed by atoms with van der Waals surface area (Å²) in [5.74, 6) is 0.231. The number of allylic oxidation sites excluding steroid dienone is 1. The second-order valence-corrected chi connectivity index (χ2v) is 8.26. The van der Waals surface area contributed by atoms with Gasteiger partial charge in [-0.3, -0.25) is 4.99 Å². The number of esters is 1. The molecule has 0 saturated carbocycles. The number of carbonyl (C=O) groups is 2. The molecule has 6 nitrogen and oxygen atoms in total. The fraction of sp³-hybridized carbons (Fsp3) is 0.762. The zero-order chi connectivity index (χ0) is 20.0. The molecule has 0 radical (unpaired) electrons. The summed E-state index contributed by atoms with van der Waals surface area (Å²) >= 11 is 0. The van der Waals surface area contributed by atoms with Gasteiger partial charge in [0.15, 0.2) is 0 Å². The Balaban J connectivity index is 2.14. The van der Waals surface area contributed by atoms with Gasteiger partial charge in [-0.15, -0.1) is 0 Å². The highest BCUT2D eigenvalue weighted by Crippen LogP contribution is 2.31. The zero-order valence-corrected chi connectivity index (χ0v) is 17.4. The van der Waals surface area contributed by atoms with Crippen LogP contribution in [0.4, 0.5) is 4.79 Å². The van der Waals surface area contributed by atoms with Crippen molar-refractivity contribution >= 4 is 17.8 Å². The molecule has 2 atom stereocenters. The molecule has 0 aliphatic carbocycles. The maximum atomic E-state index is 12.5. The number of hydrogen-bond donors (Lipinski definition) is 0. The average Bonchev–Trinajstić information content (AvgIpc) is 2.83. The minimum Gasteiger partial charge on any atom is -0.462 e. The van der Waals surface area contributed by atoms with Gasteiger partial charge in [-0.25, -0.2) is 9.59 Å². The Morgan fingerprint density at radius 3 is 2.63 bits per heavy atom. The van der Waals surface area contributed by atoms with Gasteiger partial charge in [0.25, 0.3) is 0 Å². The lowest BCUT2D eigenvalue weighted by atomic mass is 9.82. The molecule has 2 heterocycles. The number of amides is 1. The summed E-state index contributed by atoms with van der Waals surface area (Å²) in [6.07, 6.45) is 5.39. The molecule has 27 heavy (non-hydrogen) atoms. The summed E-state index contributed by atoms with van der Waals surface area (Å²) in [4.78, 5) is 31.3. The number of piperidine rings is 1. The molecule has 2 aliphatic heterocycles. The molecule has 2 aliphatic rings. The van der Waals surface area contributed by atoms with Crippen LogP contribution in [0.15, 0.2) is 16.6 Å². The van der Waals surface area contributed by atoms with Gasteiger partial charge < -0.3 is 14.4 Å². The van der Waals surface area contributed by atoms with Crippen molar-refractivity contribution in [1.82, 2.24) is 4.90 Å². The van der Waals surface area contributed by atoms with Crippen LogP contribution in [0.25, 0.3) is 0 Å². The minimum atomic E-state index is -0.493. The Morgan fingerprint density at radius 1 is 1.26 bits per heavy atom. The van der Waals surface area contributed by atoms with Crippen LogP contribution in [0.5, 0.6) is 0 Å². The van der Waals surface area contributed by atoms with E-state index in [0.717, 1.165) is 31.5 Å². The molecule has 0 spiro atoms. The van der Waals surface area contributed by atoms with Crippen LogP contribution in [0.1, 0.15) is 60.3 Å². The zero-order valence-electron chi connectivity index (χ0n) is 17.4. The van der Waals surface area contributed by atoms with E-state index < -0.39 is 5.60 Å². The largest absolute Gasteiger partial charge is 0.462 e. The maximum Gasteiger partial charge on any atom is 0.410 e. The van der Waals surface area contributed by atoms with Gasteiger partial charge in [0, 0.05) is 25.3 Å². The summed E-state index contributed by atoms with van der Waals surface area (Å²) in [5.41, 5.74) is 0.944. The van der Waals surface area contributed by atoms with Crippen LogP contribution < -0.4 is 0 Å². The van der Waals surface area contributed by atoms with Gasteiger partial charge in [0.2, 0.25) is 0 Å². The first kappa shape index (κ1) is 21.5. The molecule has 1 amide bonds. The predicted octanol–water partition coefficient (Wildman–Crippen LogP) is 3.99. The minimum absolute atomic E-state index is 0.211. The first-order chi connectivity index (χ1) is 12.7. The third-order valence-corrected chi connectivity index (χ3v) is 5.00. The van der Waals surface area contributed by atoms with Crippen molar-refractivity contribution in [2.75, 3.05) is 26.2 Å². The van der Waals surface area contributed by atoms with E-state index in [1.807, 2.05) is 39.5 Å². The molecule has 0 bridgehead atoms. The van der Waals surface area contributed by atoms with E-state index in [1.165, 1.54) is 0 Å². The smallest absolute Gasteiger partial charge is 0.410 e. The molecular formula is C21H34N2O4. The van der Waals surface area contributed by atoms with Gasteiger partial charge in [-0.1, -0.05) is 13.0 Å². The molecule has 6 heteroatoms. The number of nitrogens with zero attached hydrogens (tertiary/aromatic N) is 2. The number of carbonyl (C=O) groups excluding carboxylic acids is 2. The van der Waals surface area contributed by atoms with E-state index in [2.05, 4.69) is 11.1 Å². The van der Waals surface area contributed by atoms with Crippen molar-refractivity contribution in [2.24, 2.45) is 16.8 Å². The van der Waals surface area contributed by atoms with Gasteiger partial charge in [0.1, 0.15) is 5.60 Å². The fourth-order valence-corrected chi connectivity index (χ4v) is 3.75. The molecule has 0 N–H and O–H groups in total. The van der Waals surface area contributed by atoms with Crippen LogP contribution in [0, 0.1) is 11.8 Å². The maximum absolute atomic E-state index is 12.5. The second-order valence-electron chi connectivity index (χ2n) is 8.26. The molecule has 0 aromatic heterocycles. The summed E-state index contributed by atoms with van der Waals surface area (Å²) < 4.78 is 10.8. The van der Waals surface area contributed by atoms with Crippen molar-refractivity contribution in [2.45, 2.75) is 65.9 Å². The Bertz CT molecular complexity index is 604. The highest BCUT2D eigenvalue weighted by molar-refractivity contribution is 6.19. The average molecular weight is 379 g/mol. The lowest BCUT2D eigenvalue weighted by Crippen LogP contribution is -2.44. The Kier molecular flexibility index (Phi) is 7.45. The van der Waals surface area contributed by atoms with Gasteiger partial charge in [-0.2, -0.15) is 0 Å². The van der Waals surface area contributed by atoms with Crippen molar-refractivity contribution in [3.8, 4) is 0 Å². The second kappa shape index (κ2) is 9.38. The standard InChI is InChI=1S/C21H34N2O4/c1-6-18-17(19(24)26-7-2)13-15(10-11-22-18)16-9-8-12-23(14-16)20(25)27-21(3,4)5/h13,15-16H,6-12,14H2,1-5H3. The van der Waals surface area contributed by atoms with Crippen LogP contribution in [0.2, 0.25) is 0 Å². The van der Waals surface area contributed by atoms with Crippen molar-refractivity contribution in [1.29, 1.82) is 0 Å². The number of hydrogen-bond acceptors (Lipinski definition) is 5. The summed E-state index contributed by atoms with van der Waals surface area (Å²) in [6.45, 7) is 11.9. The molecule has 1 fully saturated rings. The number of likely N-dealkylation sites (tertiary alicyclic amines) is 1. The SMILES string of the molecule is CCOC(=O)C1=CC(C2CCCN(C(=O)OC(C)(C)C)C2)CCN=C1CC. The van der Waals surface area contributed by atoms with E-state index in [-0.39, 0.29) is 18.0 Å². The molecular weight excluding hydrogens is 344 g/mol. The molecule has 1 saturated heterocycles. The molecule has 2 rings (SSSR count). The van der Waals surface area contributed by atoms with E-state index in [4.69, 9.17) is 9.47 Å². The topological polar surface area (TPSA) is 68.2 Å². The quantitative estimate of drug-likeness (QED) is 0.694. The lowest BCUT2D eigenvalue weighted by molar-refractivity contribution is -0.137.